The van der Waals surface area contributed by atoms with E-state index in [1.807, 2.05) is 18.2 Å². The average Bonchev–Trinajstić information content (AvgIpc) is 2.66. The average molecular weight is 355 g/mol. The fraction of sp³-hybridized carbons (Fsp3) is 0.211. The van der Waals surface area contributed by atoms with E-state index in [0.717, 1.165) is 0 Å². The van der Waals surface area contributed by atoms with E-state index in [0.29, 0.717) is 28.5 Å². The number of ether oxygens (including phenoxy) is 2. The molecule has 0 unspecified atom stereocenters. The summed E-state index contributed by atoms with van der Waals surface area (Å²) >= 11 is 0. The van der Waals surface area contributed by atoms with Crippen LogP contribution in [0.2, 0.25) is 0 Å². The van der Waals surface area contributed by atoms with E-state index < -0.39 is 5.91 Å². The smallest absolute Gasteiger partial charge is 0.271 e. The van der Waals surface area contributed by atoms with Crippen LogP contribution in [0, 0.1) is 0 Å². The molecule has 0 radical (unpaired) electrons. The third-order valence-electron chi connectivity index (χ3n) is 3.47. The lowest BCUT2D eigenvalue weighted by molar-refractivity contribution is -0.115. The topological polar surface area (TPSA) is 89.0 Å². The number of benzene rings is 2. The molecule has 2 amide bonds. The fourth-order valence-electron chi connectivity index (χ4n) is 2.19. The zero-order chi connectivity index (χ0) is 18.9. The van der Waals surface area contributed by atoms with Crippen molar-refractivity contribution in [1.29, 1.82) is 0 Å². The van der Waals surface area contributed by atoms with Gasteiger partial charge >= 0.3 is 0 Å². The van der Waals surface area contributed by atoms with Crippen molar-refractivity contribution in [3.63, 3.8) is 0 Å². The van der Waals surface area contributed by atoms with Crippen LogP contribution < -0.4 is 20.2 Å². The molecule has 2 aromatic carbocycles. The summed E-state index contributed by atoms with van der Waals surface area (Å²) in [5, 5.41) is 6.72. The maximum Gasteiger partial charge on any atom is 0.271 e. The molecule has 2 rings (SSSR count). The minimum absolute atomic E-state index is 0.0705. The molecular weight excluding hydrogens is 334 g/mol. The Morgan fingerprint density at radius 1 is 1.00 bits per heavy atom. The van der Waals surface area contributed by atoms with Crippen molar-refractivity contribution < 1.29 is 19.1 Å². The van der Waals surface area contributed by atoms with Gasteiger partial charge in [0.05, 0.1) is 20.6 Å². The molecule has 0 saturated carbocycles. The van der Waals surface area contributed by atoms with Crippen molar-refractivity contribution in [3.8, 4) is 11.5 Å². The molecule has 0 bridgehead atoms. The van der Waals surface area contributed by atoms with E-state index in [2.05, 4.69) is 15.8 Å². The first-order chi connectivity index (χ1) is 12.5. The van der Waals surface area contributed by atoms with E-state index in [9.17, 15) is 9.59 Å². The normalized spacial score (nSPS) is 10.8. The second kappa shape index (κ2) is 9.22. The van der Waals surface area contributed by atoms with Crippen LogP contribution >= 0.6 is 0 Å². The highest BCUT2D eigenvalue weighted by atomic mass is 16.5. The van der Waals surface area contributed by atoms with E-state index in [1.54, 1.807) is 37.3 Å². The summed E-state index contributed by atoms with van der Waals surface area (Å²) in [7, 11) is 3.01. The number of para-hydroxylation sites is 1. The van der Waals surface area contributed by atoms with Gasteiger partial charge in [0.25, 0.3) is 5.91 Å². The summed E-state index contributed by atoms with van der Waals surface area (Å²) < 4.78 is 10.3. The van der Waals surface area contributed by atoms with Gasteiger partial charge in [-0.25, -0.2) is 5.43 Å². The first-order valence-electron chi connectivity index (χ1n) is 7.94. The summed E-state index contributed by atoms with van der Waals surface area (Å²) in [6.07, 6.45) is 0.0705. The van der Waals surface area contributed by atoms with Gasteiger partial charge in [0.15, 0.2) is 11.5 Å². The van der Waals surface area contributed by atoms with Crippen LogP contribution in [0.25, 0.3) is 0 Å². The monoisotopic (exact) mass is 355 g/mol. The highest BCUT2D eigenvalue weighted by molar-refractivity contribution is 6.06. The number of hydrogen-bond donors (Lipinski definition) is 2. The lowest BCUT2D eigenvalue weighted by Gasteiger charge is -2.09. The molecule has 7 heteroatoms. The first kappa shape index (κ1) is 19.0. The van der Waals surface area contributed by atoms with Crippen molar-refractivity contribution in [3.05, 3.63) is 54.1 Å². The molecule has 0 heterocycles. The van der Waals surface area contributed by atoms with Crippen molar-refractivity contribution >= 4 is 23.2 Å². The van der Waals surface area contributed by atoms with Crippen LogP contribution in [0.4, 0.5) is 5.69 Å². The lowest BCUT2D eigenvalue weighted by Crippen LogP contribution is -2.21. The Kier molecular flexibility index (Phi) is 6.73. The van der Waals surface area contributed by atoms with Crippen molar-refractivity contribution in [2.75, 3.05) is 19.5 Å². The molecule has 0 aliphatic rings. The number of hydrazone groups is 1. The maximum absolute atomic E-state index is 12.2. The van der Waals surface area contributed by atoms with Crippen molar-refractivity contribution in [2.45, 2.75) is 13.3 Å². The lowest BCUT2D eigenvalue weighted by atomic mass is 10.2. The molecule has 136 valence electrons. The van der Waals surface area contributed by atoms with E-state index in [1.165, 1.54) is 14.2 Å². The minimum Gasteiger partial charge on any atom is -0.493 e. The summed E-state index contributed by atoms with van der Waals surface area (Å²) in [5.74, 6) is 0.357. The summed E-state index contributed by atoms with van der Waals surface area (Å²) in [5.41, 5.74) is 3.98. The molecular formula is C19H21N3O4. The summed E-state index contributed by atoms with van der Waals surface area (Å²) in [6, 6.07) is 13.9. The van der Waals surface area contributed by atoms with Crippen LogP contribution in [-0.4, -0.2) is 31.7 Å². The van der Waals surface area contributed by atoms with Crippen LogP contribution in [-0.2, 0) is 4.79 Å². The van der Waals surface area contributed by atoms with E-state index in [-0.39, 0.29) is 12.3 Å². The Balaban J connectivity index is 1.93. The zero-order valence-electron chi connectivity index (χ0n) is 14.9. The molecule has 0 fully saturated rings. The van der Waals surface area contributed by atoms with Gasteiger partial charge < -0.3 is 14.8 Å². The molecule has 0 aliphatic carbocycles. The number of nitrogens with one attached hydrogen (secondary N) is 2. The van der Waals surface area contributed by atoms with Gasteiger partial charge in [0.2, 0.25) is 5.91 Å². The van der Waals surface area contributed by atoms with Gasteiger partial charge in [0.1, 0.15) is 0 Å². The largest absolute Gasteiger partial charge is 0.493 e. The van der Waals surface area contributed by atoms with E-state index in [4.69, 9.17) is 9.47 Å². The predicted molar refractivity (Wildman–Crippen MR) is 99.8 cm³/mol. The third kappa shape index (κ3) is 5.34. The van der Waals surface area contributed by atoms with Crippen LogP contribution in [0.15, 0.2) is 53.6 Å². The molecule has 7 nitrogen and oxygen atoms in total. The van der Waals surface area contributed by atoms with Gasteiger partial charge in [-0.05, 0) is 37.3 Å². The van der Waals surface area contributed by atoms with Gasteiger partial charge in [-0.15, -0.1) is 0 Å². The molecule has 0 spiro atoms. The zero-order valence-corrected chi connectivity index (χ0v) is 14.9. The van der Waals surface area contributed by atoms with Gasteiger partial charge in [-0.2, -0.15) is 5.10 Å². The number of rotatable bonds is 7. The molecule has 2 N–H and O–H groups in total. The van der Waals surface area contributed by atoms with Gasteiger partial charge in [0, 0.05) is 17.0 Å². The summed E-state index contributed by atoms with van der Waals surface area (Å²) in [4.78, 5) is 24.1. The number of anilines is 1. The molecule has 2 aromatic rings. The highest BCUT2D eigenvalue weighted by Crippen LogP contribution is 2.27. The van der Waals surface area contributed by atoms with Gasteiger partial charge in [-0.3, -0.25) is 9.59 Å². The predicted octanol–water partition coefficient (Wildman–Crippen LogP) is 2.84. The van der Waals surface area contributed by atoms with Crippen molar-refractivity contribution in [1.82, 2.24) is 5.43 Å². The van der Waals surface area contributed by atoms with Gasteiger partial charge in [-0.1, -0.05) is 18.2 Å². The Bertz CT molecular complexity index is 804. The Labute approximate surface area is 152 Å². The van der Waals surface area contributed by atoms with Crippen molar-refractivity contribution in [2.24, 2.45) is 5.10 Å². The number of carbonyl (C=O) groups excluding carboxylic acids is 2. The standard InChI is InChI=1S/C19H21N3O4/c1-13(11-18(23)20-15-7-5-4-6-8-15)21-22-19(24)14-9-10-16(25-2)17(12-14)26-3/h4-10,12H,11H2,1-3H3,(H,20,23)(H,22,24). The molecule has 0 aliphatic heterocycles. The second-order valence-electron chi connectivity index (χ2n) is 5.45. The maximum atomic E-state index is 12.2. The number of carbonyl (C=O) groups is 2. The number of nitrogens with zero attached hydrogens (tertiary/aromatic N) is 1. The first-order valence-corrected chi connectivity index (χ1v) is 7.94. The molecule has 0 saturated heterocycles. The Hall–Kier alpha value is -3.35. The number of hydrogen-bond acceptors (Lipinski definition) is 5. The number of methoxy groups -OCH3 is 2. The Morgan fingerprint density at radius 3 is 2.35 bits per heavy atom. The molecule has 0 aromatic heterocycles. The van der Waals surface area contributed by atoms with Crippen LogP contribution in [0.1, 0.15) is 23.7 Å². The third-order valence-corrected chi connectivity index (χ3v) is 3.47. The van der Waals surface area contributed by atoms with Crippen LogP contribution in [0.5, 0.6) is 11.5 Å². The molecule has 26 heavy (non-hydrogen) atoms. The Morgan fingerprint density at radius 2 is 1.69 bits per heavy atom. The minimum atomic E-state index is -0.409. The summed E-state index contributed by atoms with van der Waals surface area (Å²) in [6.45, 7) is 1.67. The quantitative estimate of drug-likeness (QED) is 0.590. The fourth-order valence-corrected chi connectivity index (χ4v) is 2.19. The van der Waals surface area contributed by atoms with E-state index >= 15 is 0 Å². The SMILES string of the molecule is COc1ccc(C(=O)NN=C(C)CC(=O)Nc2ccccc2)cc1OC. The molecule has 0 atom stereocenters. The second-order valence-corrected chi connectivity index (χ2v) is 5.45. The number of amides is 2. The van der Waals surface area contributed by atoms with Crippen LogP contribution in [0.3, 0.4) is 0 Å². The highest BCUT2D eigenvalue weighted by Gasteiger charge is 2.11.